The Balaban J connectivity index is 0.000000156. The molecular formula is C22H22N2O3. The van der Waals surface area contributed by atoms with E-state index in [0.717, 1.165) is 22.2 Å². The molecule has 5 heteroatoms. The summed E-state index contributed by atoms with van der Waals surface area (Å²) in [4.78, 5) is 33.2. The molecule has 0 atom stereocenters. The number of ketones is 2. The third-order valence-corrected chi connectivity index (χ3v) is 4.83. The number of anilines is 1. The molecule has 4 rings (SSSR count). The second-order valence-electron chi connectivity index (χ2n) is 6.83. The van der Waals surface area contributed by atoms with Crippen molar-refractivity contribution in [3.05, 3.63) is 64.8 Å². The Morgan fingerprint density at radius 2 is 1.59 bits per heavy atom. The van der Waals surface area contributed by atoms with Crippen LogP contribution in [0.25, 0.3) is 10.9 Å². The van der Waals surface area contributed by atoms with Crippen LogP contribution in [-0.2, 0) is 18.3 Å². The number of carbonyl (C=O) groups is 3. The molecule has 1 N–H and O–H groups in total. The Bertz CT molecular complexity index is 1080. The van der Waals surface area contributed by atoms with E-state index in [0.29, 0.717) is 12.0 Å². The van der Waals surface area contributed by atoms with Gasteiger partial charge in [-0.05, 0) is 68.8 Å². The summed E-state index contributed by atoms with van der Waals surface area (Å²) in [5.74, 6) is 0.145. The predicted octanol–water partition coefficient (Wildman–Crippen LogP) is 4.07. The topological polar surface area (TPSA) is 68.2 Å². The first-order valence-corrected chi connectivity index (χ1v) is 8.77. The SMILES string of the molecule is CC(=O)c1ccc2c(c1)CC(=O)N2.CC(=O)c1ccc2c(c1)cc(C)n2C. The first kappa shape index (κ1) is 18.6. The van der Waals surface area contributed by atoms with Crippen LogP contribution in [0.3, 0.4) is 0 Å². The van der Waals surface area contributed by atoms with E-state index in [4.69, 9.17) is 0 Å². The van der Waals surface area contributed by atoms with Gasteiger partial charge in [0, 0.05) is 40.5 Å². The van der Waals surface area contributed by atoms with Gasteiger partial charge in [0.05, 0.1) is 6.42 Å². The maximum Gasteiger partial charge on any atom is 0.228 e. The van der Waals surface area contributed by atoms with Crippen LogP contribution in [0.15, 0.2) is 42.5 Å². The van der Waals surface area contributed by atoms with Gasteiger partial charge < -0.3 is 9.88 Å². The number of rotatable bonds is 2. The number of nitrogens with one attached hydrogen (secondary N) is 1. The monoisotopic (exact) mass is 362 g/mol. The molecule has 138 valence electrons. The summed E-state index contributed by atoms with van der Waals surface area (Å²) in [7, 11) is 2.03. The molecule has 5 nitrogen and oxygen atoms in total. The molecule has 0 bridgehead atoms. The summed E-state index contributed by atoms with van der Waals surface area (Å²) >= 11 is 0. The van der Waals surface area contributed by atoms with Crippen LogP contribution in [0.2, 0.25) is 0 Å². The molecule has 1 amide bonds. The van der Waals surface area contributed by atoms with E-state index in [1.165, 1.54) is 18.1 Å². The molecule has 0 unspecified atom stereocenters. The van der Waals surface area contributed by atoms with Gasteiger partial charge in [-0.15, -0.1) is 0 Å². The van der Waals surface area contributed by atoms with Crippen molar-refractivity contribution in [3.8, 4) is 0 Å². The number of fused-ring (bicyclic) bond motifs is 2. The van der Waals surface area contributed by atoms with Crippen LogP contribution < -0.4 is 5.32 Å². The van der Waals surface area contributed by atoms with E-state index in [2.05, 4.69) is 22.9 Å². The number of amides is 1. The van der Waals surface area contributed by atoms with Gasteiger partial charge in [0.1, 0.15) is 0 Å². The first-order valence-electron chi connectivity index (χ1n) is 8.77. The van der Waals surface area contributed by atoms with Crippen LogP contribution in [0.5, 0.6) is 0 Å². The first-order chi connectivity index (χ1) is 12.8. The highest BCUT2D eigenvalue weighted by Gasteiger charge is 2.17. The van der Waals surface area contributed by atoms with Crippen molar-refractivity contribution >= 4 is 34.1 Å². The van der Waals surface area contributed by atoms with Crippen molar-refractivity contribution in [3.63, 3.8) is 0 Å². The highest BCUT2D eigenvalue weighted by Crippen LogP contribution is 2.24. The second-order valence-corrected chi connectivity index (χ2v) is 6.83. The molecule has 3 aromatic rings. The number of nitrogens with zero attached hydrogens (tertiary/aromatic N) is 1. The van der Waals surface area contributed by atoms with Crippen LogP contribution in [0.1, 0.15) is 45.8 Å². The number of hydrogen-bond donors (Lipinski definition) is 1. The number of hydrogen-bond acceptors (Lipinski definition) is 3. The summed E-state index contributed by atoms with van der Waals surface area (Å²) in [6, 6.07) is 13.2. The van der Waals surface area contributed by atoms with Crippen molar-refractivity contribution < 1.29 is 14.4 Å². The molecule has 0 saturated carbocycles. The number of Topliss-reactive ketones (excluding diaryl/α,β-unsaturated/α-hetero) is 2. The molecule has 0 radical (unpaired) electrons. The zero-order chi connectivity index (χ0) is 19.7. The largest absolute Gasteiger partial charge is 0.348 e. The van der Waals surface area contributed by atoms with Crippen LogP contribution in [0, 0.1) is 6.92 Å². The maximum absolute atomic E-state index is 11.2. The lowest BCUT2D eigenvalue weighted by molar-refractivity contribution is -0.115. The van der Waals surface area contributed by atoms with Gasteiger partial charge in [-0.25, -0.2) is 0 Å². The lowest BCUT2D eigenvalue weighted by atomic mass is 10.1. The average molecular weight is 362 g/mol. The standard InChI is InChI=1S/C12H13NO.C10H9NO2/c1-8-6-11-7-10(9(2)14)4-5-12(11)13(8)3;1-6(12)7-2-3-9-8(4-7)5-10(13)11-9/h4-7H,1-3H3;2-4H,5H2,1H3,(H,11,13). The number of aryl methyl sites for hydroxylation is 2. The van der Waals surface area contributed by atoms with E-state index in [1.807, 2.05) is 25.2 Å². The molecule has 0 spiro atoms. The highest BCUT2D eigenvalue weighted by molar-refractivity contribution is 6.01. The minimum Gasteiger partial charge on any atom is -0.348 e. The normalized spacial score (nSPS) is 12.2. The van der Waals surface area contributed by atoms with E-state index in [9.17, 15) is 14.4 Å². The fraction of sp³-hybridized carbons (Fsp3) is 0.227. The van der Waals surface area contributed by atoms with Crippen LogP contribution in [-0.4, -0.2) is 22.0 Å². The molecule has 2 aromatic carbocycles. The molecule has 2 heterocycles. The lowest BCUT2D eigenvalue weighted by Crippen LogP contribution is -2.03. The molecule has 1 aromatic heterocycles. The van der Waals surface area contributed by atoms with E-state index < -0.39 is 0 Å². The highest BCUT2D eigenvalue weighted by atomic mass is 16.2. The minimum atomic E-state index is -0.00398. The quantitative estimate of drug-likeness (QED) is 0.699. The van der Waals surface area contributed by atoms with Gasteiger partial charge in [0.25, 0.3) is 0 Å². The van der Waals surface area contributed by atoms with Gasteiger partial charge in [-0.3, -0.25) is 14.4 Å². The molecular weight excluding hydrogens is 340 g/mol. The molecule has 1 aliphatic rings. The Morgan fingerprint density at radius 1 is 0.963 bits per heavy atom. The number of benzene rings is 2. The Morgan fingerprint density at radius 3 is 2.26 bits per heavy atom. The molecule has 27 heavy (non-hydrogen) atoms. The smallest absolute Gasteiger partial charge is 0.228 e. The maximum atomic E-state index is 11.2. The summed E-state index contributed by atoms with van der Waals surface area (Å²) < 4.78 is 2.12. The molecule has 0 aliphatic carbocycles. The molecule has 1 aliphatic heterocycles. The zero-order valence-electron chi connectivity index (χ0n) is 15.9. The number of aromatic nitrogens is 1. The lowest BCUT2D eigenvalue weighted by Gasteiger charge is -1.99. The fourth-order valence-corrected chi connectivity index (χ4v) is 3.15. The fourth-order valence-electron chi connectivity index (χ4n) is 3.15. The number of carbonyl (C=O) groups excluding carboxylic acids is 3. The second kappa shape index (κ2) is 7.19. The summed E-state index contributed by atoms with van der Waals surface area (Å²) in [6.45, 7) is 5.18. The van der Waals surface area contributed by atoms with Gasteiger partial charge >= 0.3 is 0 Å². The van der Waals surface area contributed by atoms with Crippen molar-refractivity contribution in [2.45, 2.75) is 27.2 Å². The van der Waals surface area contributed by atoms with Crippen LogP contribution >= 0.6 is 0 Å². The summed E-state index contributed by atoms with van der Waals surface area (Å²) in [5.41, 5.74) is 5.57. The van der Waals surface area contributed by atoms with E-state index in [-0.39, 0.29) is 17.5 Å². The van der Waals surface area contributed by atoms with Gasteiger partial charge in [-0.2, -0.15) is 0 Å². The van der Waals surface area contributed by atoms with E-state index >= 15 is 0 Å². The van der Waals surface area contributed by atoms with Crippen molar-refractivity contribution in [2.75, 3.05) is 5.32 Å². The van der Waals surface area contributed by atoms with Crippen molar-refractivity contribution in [1.82, 2.24) is 4.57 Å². The third-order valence-electron chi connectivity index (χ3n) is 4.83. The van der Waals surface area contributed by atoms with Crippen molar-refractivity contribution in [1.29, 1.82) is 0 Å². The zero-order valence-corrected chi connectivity index (χ0v) is 15.9. The molecule has 0 saturated heterocycles. The summed E-state index contributed by atoms with van der Waals surface area (Å²) in [5, 5.41) is 3.85. The van der Waals surface area contributed by atoms with Gasteiger partial charge in [-0.1, -0.05) is 0 Å². The van der Waals surface area contributed by atoms with Gasteiger partial charge in [0.15, 0.2) is 11.6 Å². The Kier molecular flexibility index (Phi) is 4.95. The Labute approximate surface area is 158 Å². The van der Waals surface area contributed by atoms with Crippen LogP contribution in [0.4, 0.5) is 5.69 Å². The summed E-state index contributed by atoms with van der Waals surface area (Å²) in [6.07, 6.45) is 0.385. The minimum absolute atomic E-state index is 0.00398. The average Bonchev–Trinajstić information content (AvgIpc) is 3.13. The van der Waals surface area contributed by atoms with Gasteiger partial charge in [0.2, 0.25) is 5.91 Å². The predicted molar refractivity (Wildman–Crippen MR) is 106 cm³/mol. The third kappa shape index (κ3) is 3.82. The molecule has 0 fully saturated rings. The Hall–Kier alpha value is -3.21. The van der Waals surface area contributed by atoms with Crippen molar-refractivity contribution in [2.24, 2.45) is 7.05 Å². The van der Waals surface area contributed by atoms with E-state index in [1.54, 1.807) is 25.1 Å².